The van der Waals surface area contributed by atoms with Crippen molar-refractivity contribution in [2.75, 3.05) is 22.9 Å². The van der Waals surface area contributed by atoms with Crippen LogP contribution in [0.25, 0.3) is 11.4 Å². The van der Waals surface area contributed by atoms with Crippen molar-refractivity contribution in [3.63, 3.8) is 0 Å². The number of anilines is 2. The minimum atomic E-state index is 0. The zero-order valence-electron chi connectivity index (χ0n) is 29.0. The van der Waals surface area contributed by atoms with Gasteiger partial charge in [-0.05, 0) is 68.1 Å². The number of hydrogen-bond acceptors (Lipinski definition) is 7. The van der Waals surface area contributed by atoms with Gasteiger partial charge in [0.1, 0.15) is 6.54 Å². The Kier molecular flexibility index (Phi) is 12.6. The van der Waals surface area contributed by atoms with Gasteiger partial charge in [0, 0.05) is 32.0 Å². The molecular weight excluding hydrogens is 825 g/mol. The van der Waals surface area contributed by atoms with Gasteiger partial charge in [-0.2, -0.15) is 78.7 Å². The second kappa shape index (κ2) is 18.1. The second-order valence-corrected chi connectivity index (χ2v) is 12.2. The van der Waals surface area contributed by atoms with E-state index in [1.807, 2.05) is 90.7 Å². The van der Waals surface area contributed by atoms with Crippen molar-refractivity contribution in [2.45, 2.75) is 25.9 Å². The summed E-state index contributed by atoms with van der Waals surface area (Å²) < 4.78 is 5.40. The standard InChI is InChI=1S/C22H22N4.C19H18N6.Ir/c1-3-9-21(10-4-1)25-17-15-23(19-25)13-7-8-14-24-16-18-26(20-24)22-11-5-2-6-12-22;1-23-19(15-25(22-23)13-17-10-6-3-7-11-17)18-14-24(21-20-18)12-16-8-4-2-5-9-16;/h1-6,9,11,15-20H,7-8,13-14H2;2-11,14H,12-13H2,1H3;/q-4;;. The van der Waals surface area contributed by atoms with E-state index in [9.17, 15) is 0 Å². The van der Waals surface area contributed by atoms with E-state index in [0.29, 0.717) is 13.1 Å². The summed E-state index contributed by atoms with van der Waals surface area (Å²) in [6.07, 6.45) is 15.9. The topological polar surface area (TPSA) is 65.4 Å². The molecule has 10 nitrogen and oxygen atoms in total. The molecule has 0 bridgehead atoms. The molecule has 2 aliphatic heterocycles. The monoisotopic (exact) mass is 865 g/mol. The predicted molar refractivity (Wildman–Crippen MR) is 197 cm³/mol. The van der Waals surface area contributed by atoms with Crippen LogP contribution in [0.1, 0.15) is 24.0 Å². The molecule has 8 rings (SSSR count). The van der Waals surface area contributed by atoms with Crippen molar-refractivity contribution in [1.82, 2.24) is 34.7 Å². The third kappa shape index (κ3) is 9.84. The number of aromatic nitrogens is 6. The predicted octanol–water partition coefficient (Wildman–Crippen LogP) is 6.05. The van der Waals surface area contributed by atoms with E-state index in [0.717, 1.165) is 48.7 Å². The Balaban J connectivity index is 0.000000175. The maximum Gasteiger partial charge on any atom is 0.118 e. The summed E-state index contributed by atoms with van der Waals surface area (Å²) in [6, 6.07) is 42.9. The second-order valence-electron chi connectivity index (χ2n) is 12.2. The maximum atomic E-state index is 4.48. The molecule has 2 aromatic heterocycles. The molecule has 0 N–H and O–H groups in total. The maximum absolute atomic E-state index is 4.48. The van der Waals surface area contributed by atoms with Gasteiger partial charge in [-0.15, -0.1) is 11.4 Å². The molecule has 4 heterocycles. The molecule has 0 saturated carbocycles. The van der Waals surface area contributed by atoms with Gasteiger partial charge in [-0.25, -0.2) is 9.78 Å². The van der Waals surface area contributed by atoms with Crippen LogP contribution in [-0.2, 0) is 40.2 Å². The van der Waals surface area contributed by atoms with Crippen LogP contribution >= 0.6 is 0 Å². The van der Waals surface area contributed by atoms with Crippen LogP contribution in [0, 0.1) is 31.7 Å². The Bertz CT molecular complexity index is 1930. The fraction of sp³-hybridized carbons (Fsp3) is 0.171. The van der Waals surface area contributed by atoms with Crippen LogP contribution in [0.15, 0.2) is 140 Å². The van der Waals surface area contributed by atoms with E-state index in [1.165, 1.54) is 11.1 Å². The number of nitrogens with zero attached hydrogens (tertiary/aromatic N) is 10. The SMILES string of the molecule is Cn1n[n+](Cc2ccccc2)[c-]c1-c1cn(Cc2ccccc2)nn1.[Ir].[c-]1ccccc1N1C=CN(CCCCN2C=CN(c3[c-]cccc3)[CH-]2)[CH-]1. The van der Waals surface area contributed by atoms with E-state index in [4.69, 9.17) is 0 Å². The normalized spacial score (nSPS) is 13.3. The quantitative estimate of drug-likeness (QED) is 0.0844. The van der Waals surface area contributed by atoms with Crippen molar-refractivity contribution in [3.8, 4) is 11.4 Å². The minimum Gasteiger partial charge on any atom is -0.508 e. The summed E-state index contributed by atoms with van der Waals surface area (Å²) in [4.78, 5) is 8.67. The van der Waals surface area contributed by atoms with Crippen LogP contribution in [0.5, 0.6) is 0 Å². The molecule has 1 radical (unpaired) electrons. The van der Waals surface area contributed by atoms with Crippen LogP contribution in [0.3, 0.4) is 0 Å². The summed E-state index contributed by atoms with van der Waals surface area (Å²) in [5, 5.41) is 13.0. The molecule has 0 fully saturated rings. The molecule has 267 valence electrons. The zero-order valence-corrected chi connectivity index (χ0v) is 31.4. The Morgan fingerprint density at radius 3 is 1.79 bits per heavy atom. The first-order valence-electron chi connectivity index (χ1n) is 17.1. The summed E-state index contributed by atoms with van der Waals surface area (Å²) in [6.45, 7) is 7.66. The largest absolute Gasteiger partial charge is 0.508 e. The Morgan fingerprint density at radius 1 is 0.673 bits per heavy atom. The molecular formula is C41H40IrN10-4. The first kappa shape index (κ1) is 36.3. The molecule has 11 heteroatoms. The summed E-state index contributed by atoms with van der Waals surface area (Å²) in [5.41, 5.74) is 6.09. The van der Waals surface area contributed by atoms with Gasteiger partial charge in [0.2, 0.25) is 0 Å². The van der Waals surface area contributed by atoms with Gasteiger partial charge in [0.15, 0.2) is 0 Å². The Hall–Kier alpha value is -5.51. The number of hydrogen-bond donors (Lipinski definition) is 0. The molecule has 2 aliphatic rings. The van der Waals surface area contributed by atoms with Crippen molar-refractivity contribution in [3.05, 3.63) is 183 Å². The number of para-hydroxylation sites is 2. The summed E-state index contributed by atoms with van der Waals surface area (Å²) >= 11 is 0. The average Bonchev–Trinajstić information content (AvgIpc) is 4.01. The van der Waals surface area contributed by atoms with Crippen LogP contribution in [0.4, 0.5) is 11.4 Å². The Labute approximate surface area is 319 Å². The molecule has 0 spiro atoms. The Morgan fingerprint density at radius 2 is 1.23 bits per heavy atom. The number of benzene rings is 4. The molecule has 0 amide bonds. The van der Waals surface area contributed by atoms with E-state index >= 15 is 0 Å². The fourth-order valence-corrected chi connectivity index (χ4v) is 5.74. The molecule has 0 unspecified atom stereocenters. The van der Waals surface area contributed by atoms with Gasteiger partial charge in [-0.1, -0.05) is 65.9 Å². The van der Waals surface area contributed by atoms with Crippen LogP contribution in [0.2, 0.25) is 0 Å². The van der Waals surface area contributed by atoms with Gasteiger partial charge >= 0.3 is 0 Å². The first-order chi connectivity index (χ1) is 25.2. The number of aryl methyl sites for hydroxylation is 1. The molecule has 0 aliphatic carbocycles. The molecule has 4 aromatic carbocycles. The average molecular weight is 865 g/mol. The van der Waals surface area contributed by atoms with Gasteiger partial charge in [0.25, 0.3) is 0 Å². The van der Waals surface area contributed by atoms with Gasteiger partial charge in [-0.3, -0.25) is 4.68 Å². The molecule has 6 aromatic rings. The van der Waals surface area contributed by atoms with Crippen molar-refractivity contribution in [1.29, 1.82) is 0 Å². The third-order valence-corrected chi connectivity index (χ3v) is 8.35. The smallest absolute Gasteiger partial charge is 0.118 e. The van der Waals surface area contributed by atoms with Crippen molar-refractivity contribution >= 4 is 11.4 Å². The number of unbranched alkanes of at least 4 members (excludes halogenated alkanes) is 1. The number of rotatable bonds is 12. The zero-order chi connectivity index (χ0) is 34.7. The fourth-order valence-electron chi connectivity index (χ4n) is 5.74. The van der Waals surface area contributed by atoms with E-state index in [2.05, 4.69) is 128 Å². The molecule has 0 atom stereocenters. The molecule has 0 saturated heterocycles. The summed E-state index contributed by atoms with van der Waals surface area (Å²) in [5.74, 6) is 0. The van der Waals surface area contributed by atoms with Crippen molar-refractivity contribution < 1.29 is 24.8 Å². The molecule has 52 heavy (non-hydrogen) atoms. The minimum absolute atomic E-state index is 0. The first-order valence-corrected chi connectivity index (χ1v) is 17.1. The van der Waals surface area contributed by atoms with Gasteiger partial charge < -0.3 is 19.6 Å². The summed E-state index contributed by atoms with van der Waals surface area (Å²) in [7, 11) is 1.89. The van der Waals surface area contributed by atoms with E-state index in [1.54, 1.807) is 9.36 Å². The van der Waals surface area contributed by atoms with Crippen LogP contribution in [-0.4, -0.2) is 47.8 Å². The van der Waals surface area contributed by atoms with Gasteiger partial charge in [0.05, 0.1) is 24.5 Å². The van der Waals surface area contributed by atoms with Crippen molar-refractivity contribution in [2.24, 2.45) is 7.05 Å². The third-order valence-electron chi connectivity index (χ3n) is 8.35. The van der Waals surface area contributed by atoms with E-state index < -0.39 is 0 Å². The van der Waals surface area contributed by atoms with Crippen LogP contribution < -0.4 is 14.5 Å². The van der Waals surface area contributed by atoms with E-state index in [-0.39, 0.29) is 20.1 Å².